The van der Waals surface area contributed by atoms with Crippen LogP contribution in [0.1, 0.15) is 0 Å². The Morgan fingerprint density at radius 1 is 1.20 bits per heavy atom. The summed E-state index contributed by atoms with van der Waals surface area (Å²) in [7, 11) is -1.28. The van der Waals surface area contributed by atoms with Gasteiger partial charge in [0, 0.05) is 6.26 Å². The molecule has 9 heteroatoms. The number of benzene rings is 1. The largest absolute Gasteiger partial charge is 0.257 e. The smallest absolute Gasteiger partial charge is 0.226 e. The van der Waals surface area contributed by atoms with Crippen molar-refractivity contribution < 1.29 is 4.21 Å². The Labute approximate surface area is 126 Å². The standard InChI is InChI=1S/C11H7Cl2N5OS/c1-20(19)11-17-15-5-18(11)10-4-14-8-2-6(12)7(13)3-9(8)16-10/h2-5H,1H3/t20-/m0/s1. The molecule has 2 aromatic heterocycles. The molecule has 3 aromatic rings. The van der Waals surface area contributed by atoms with Crippen molar-refractivity contribution in [1.29, 1.82) is 0 Å². The molecule has 1 atom stereocenters. The SMILES string of the molecule is C[S@](=O)c1nncn1-c1cnc2cc(Cl)c(Cl)cc2n1. The average molecular weight is 328 g/mol. The third-order valence-corrected chi connectivity index (χ3v) is 4.11. The van der Waals surface area contributed by atoms with Crippen LogP contribution < -0.4 is 0 Å². The molecule has 0 spiro atoms. The highest BCUT2D eigenvalue weighted by molar-refractivity contribution is 7.84. The van der Waals surface area contributed by atoms with Gasteiger partial charge >= 0.3 is 0 Å². The lowest BCUT2D eigenvalue weighted by Gasteiger charge is -2.05. The van der Waals surface area contributed by atoms with Crippen LogP contribution in [0.15, 0.2) is 29.8 Å². The summed E-state index contributed by atoms with van der Waals surface area (Å²) in [5.74, 6) is 0.464. The highest BCUT2D eigenvalue weighted by atomic mass is 35.5. The summed E-state index contributed by atoms with van der Waals surface area (Å²) in [6.07, 6.45) is 4.49. The van der Waals surface area contributed by atoms with Gasteiger partial charge in [-0.05, 0) is 12.1 Å². The van der Waals surface area contributed by atoms with Gasteiger partial charge in [0.05, 0.1) is 38.1 Å². The maximum Gasteiger partial charge on any atom is 0.226 e. The van der Waals surface area contributed by atoms with E-state index in [4.69, 9.17) is 23.2 Å². The second-order valence-corrected chi connectivity index (χ2v) is 6.01. The van der Waals surface area contributed by atoms with Crippen molar-refractivity contribution in [1.82, 2.24) is 24.7 Å². The minimum Gasteiger partial charge on any atom is -0.257 e. The number of hydrogen-bond acceptors (Lipinski definition) is 5. The molecule has 0 saturated carbocycles. The Bertz CT molecular complexity index is 835. The van der Waals surface area contributed by atoms with E-state index in [1.807, 2.05) is 0 Å². The average Bonchev–Trinajstić information content (AvgIpc) is 2.89. The molecule has 0 unspecified atom stereocenters. The first-order chi connectivity index (χ1) is 9.56. The van der Waals surface area contributed by atoms with Gasteiger partial charge in [0.2, 0.25) is 5.16 Å². The first-order valence-electron chi connectivity index (χ1n) is 5.42. The molecule has 0 aliphatic rings. The van der Waals surface area contributed by atoms with Gasteiger partial charge < -0.3 is 0 Å². The van der Waals surface area contributed by atoms with Gasteiger partial charge in [-0.15, -0.1) is 10.2 Å². The number of aromatic nitrogens is 5. The quantitative estimate of drug-likeness (QED) is 0.721. The van der Waals surface area contributed by atoms with Crippen LogP contribution in [-0.2, 0) is 10.8 Å². The van der Waals surface area contributed by atoms with Crippen molar-refractivity contribution in [3.05, 3.63) is 34.7 Å². The first kappa shape index (κ1) is 13.4. The zero-order valence-electron chi connectivity index (χ0n) is 10.1. The molecule has 0 N–H and O–H groups in total. The van der Waals surface area contributed by atoms with E-state index in [0.717, 1.165) is 0 Å². The lowest BCUT2D eigenvalue weighted by atomic mass is 10.3. The van der Waals surface area contributed by atoms with Gasteiger partial charge in [0.1, 0.15) is 6.33 Å². The van der Waals surface area contributed by atoms with Crippen LogP contribution in [0.3, 0.4) is 0 Å². The topological polar surface area (TPSA) is 73.6 Å². The van der Waals surface area contributed by atoms with Crippen LogP contribution in [0.4, 0.5) is 0 Å². The Kier molecular flexibility index (Phi) is 3.41. The van der Waals surface area contributed by atoms with E-state index < -0.39 is 10.8 Å². The summed E-state index contributed by atoms with van der Waals surface area (Å²) in [5.41, 5.74) is 1.20. The fraction of sp³-hybridized carbons (Fsp3) is 0.0909. The van der Waals surface area contributed by atoms with Gasteiger partial charge in [-0.1, -0.05) is 23.2 Å². The number of rotatable bonds is 2. The van der Waals surface area contributed by atoms with Gasteiger partial charge in [-0.3, -0.25) is 13.8 Å². The molecule has 0 aliphatic heterocycles. The van der Waals surface area contributed by atoms with Crippen LogP contribution in [0.5, 0.6) is 0 Å². The normalized spacial score (nSPS) is 12.8. The van der Waals surface area contributed by atoms with Crippen molar-refractivity contribution in [3.63, 3.8) is 0 Å². The van der Waals surface area contributed by atoms with Crippen molar-refractivity contribution in [2.75, 3.05) is 6.26 Å². The maximum atomic E-state index is 11.6. The summed E-state index contributed by atoms with van der Waals surface area (Å²) in [5, 5.41) is 8.66. The molecular formula is C11H7Cl2N5OS. The monoisotopic (exact) mass is 327 g/mol. The van der Waals surface area contributed by atoms with Crippen LogP contribution in [0.25, 0.3) is 16.9 Å². The predicted molar refractivity (Wildman–Crippen MR) is 76.8 cm³/mol. The van der Waals surface area contributed by atoms with E-state index in [2.05, 4.69) is 20.2 Å². The molecule has 0 fully saturated rings. The Balaban J connectivity index is 2.20. The molecule has 2 heterocycles. The molecule has 1 aromatic carbocycles. The van der Waals surface area contributed by atoms with Crippen molar-refractivity contribution in [3.8, 4) is 5.82 Å². The molecule has 0 radical (unpaired) electrons. The van der Waals surface area contributed by atoms with E-state index in [-0.39, 0.29) is 0 Å². The van der Waals surface area contributed by atoms with E-state index in [1.165, 1.54) is 23.3 Å². The second-order valence-electron chi connectivity index (χ2n) is 3.92. The highest BCUT2D eigenvalue weighted by Gasteiger charge is 2.12. The molecular weight excluding hydrogens is 321 g/mol. The summed E-state index contributed by atoms with van der Waals surface area (Å²) in [4.78, 5) is 8.66. The van der Waals surface area contributed by atoms with E-state index in [9.17, 15) is 4.21 Å². The molecule has 6 nitrogen and oxygen atoms in total. The van der Waals surface area contributed by atoms with Gasteiger partial charge in [0.25, 0.3) is 0 Å². The van der Waals surface area contributed by atoms with Gasteiger partial charge in [-0.25, -0.2) is 4.98 Å². The molecule has 3 rings (SSSR count). The molecule has 0 aliphatic carbocycles. The maximum absolute atomic E-state index is 11.6. The molecule has 20 heavy (non-hydrogen) atoms. The van der Waals surface area contributed by atoms with Crippen LogP contribution >= 0.6 is 23.2 Å². The summed E-state index contributed by atoms with van der Waals surface area (Å²) < 4.78 is 13.1. The van der Waals surface area contributed by atoms with Crippen LogP contribution in [-0.4, -0.2) is 35.2 Å². The Hall–Kier alpha value is -1.57. The summed E-state index contributed by atoms with van der Waals surface area (Å²) >= 11 is 11.9. The van der Waals surface area contributed by atoms with Crippen molar-refractivity contribution in [2.24, 2.45) is 0 Å². The number of hydrogen-bond donors (Lipinski definition) is 0. The lowest BCUT2D eigenvalue weighted by Crippen LogP contribution is -2.04. The fourth-order valence-electron chi connectivity index (χ4n) is 1.69. The number of fused-ring (bicyclic) bond motifs is 1. The molecule has 0 amide bonds. The van der Waals surface area contributed by atoms with Crippen LogP contribution in [0.2, 0.25) is 10.0 Å². The summed E-state index contributed by atoms with van der Waals surface area (Å²) in [6.45, 7) is 0. The minimum absolute atomic E-state index is 0.304. The Morgan fingerprint density at radius 3 is 2.60 bits per heavy atom. The second kappa shape index (κ2) is 5.08. The summed E-state index contributed by atoms with van der Waals surface area (Å²) in [6, 6.07) is 3.27. The molecule has 0 bridgehead atoms. The number of nitrogens with zero attached hydrogens (tertiary/aromatic N) is 5. The highest BCUT2D eigenvalue weighted by Crippen LogP contribution is 2.26. The lowest BCUT2D eigenvalue weighted by molar-refractivity contribution is 0.675. The Morgan fingerprint density at radius 2 is 1.90 bits per heavy atom. The predicted octanol–water partition coefficient (Wildman–Crippen LogP) is 2.25. The third kappa shape index (κ3) is 2.28. The molecule has 102 valence electrons. The zero-order chi connectivity index (χ0) is 14.3. The van der Waals surface area contributed by atoms with E-state index in [1.54, 1.807) is 12.1 Å². The van der Waals surface area contributed by atoms with E-state index >= 15 is 0 Å². The minimum atomic E-state index is -1.28. The van der Waals surface area contributed by atoms with Gasteiger partial charge in [0.15, 0.2) is 5.82 Å². The first-order valence-corrected chi connectivity index (χ1v) is 7.73. The van der Waals surface area contributed by atoms with E-state index in [0.29, 0.717) is 32.1 Å². The van der Waals surface area contributed by atoms with Crippen molar-refractivity contribution >= 4 is 45.0 Å². The van der Waals surface area contributed by atoms with Gasteiger partial charge in [-0.2, -0.15) is 0 Å². The molecule has 0 saturated heterocycles. The zero-order valence-corrected chi connectivity index (χ0v) is 12.4. The number of halogens is 2. The van der Waals surface area contributed by atoms with Crippen LogP contribution in [0, 0.1) is 0 Å². The fourth-order valence-corrected chi connectivity index (χ4v) is 2.59. The van der Waals surface area contributed by atoms with Crippen molar-refractivity contribution in [2.45, 2.75) is 5.16 Å². The third-order valence-electron chi connectivity index (χ3n) is 2.59.